The highest BCUT2D eigenvalue weighted by Gasteiger charge is 2.16. The van der Waals surface area contributed by atoms with E-state index in [1.54, 1.807) is 48.5 Å². The van der Waals surface area contributed by atoms with Gasteiger partial charge in [-0.2, -0.15) is 0 Å². The fraction of sp³-hybridized carbons (Fsp3) is 0. The fourth-order valence-electron chi connectivity index (χ4n) is 2.60. The Morgan fingerprint density at radius 3 is 2.22 bits per heavy atom. The molecule has 162 valence electrons. The molecular formula is C21H14BrClN4O4S. The minimum atomic E-state index is -0.608. The van der Waals surface area contributed by atoms with Crippen molar-refractivity contribution in [2.45, 2.75) is 0 Å². The van der Waals surface area contributed by atoms with E-state index in [2.05, 4.69) is 31.9 Å². The second kappa shape index (κ2) is 10.3. The summed E-state index contributed by atoms with van der Waals surface area (Å²) in [5, 5.41) is 19.5. The predicted octanol–water partition coefficient (Wildman–Crippen LogP) is 5.39. The van der Waals surface area contributed by atoms with Crippen molar-refractivity contribution < 1.29 is 14.5 Å². The number of carbonyl (C=O) groups excluding carboxylic acids is 2. The summed E-state index contributed by atoms with van der Waals surface area (Å²) < 4.78 is 0.392. The highest BCUT2D eigenvalue weighted by atomic mass is 79.9. The first-order valence-electron chi connectivity index (χ1n) is 8.96. The normalized spacial score (nSPS) is 10.2. The van der Waals surface area contributed by atoms with Crippen LogP contribution in [-0.4, -0.2) is 21.9 Å². The smallest absolute Gasteiger partial charge is 0.270 e. The number of rotatable bonds is 5. The van der Waals surface area contributed by atoms with Crippen LogP contribution in [0.15, 0.2) is 71.2 Å². The Kier molecular flexibility index (Phi) is 7.52. The molecule has 0 atom stereocenters. The van der Waals surface area contributed by atoms with Crippen molar-refractivity contribution in [3.63, 3.8) is 0 Å². The van der Waals surface area contributed by atoms with E-state index in [0.717, 1.165) is 6.07 Å². The molecule has 3 N–H and O–H groups in total. The van der Waals surface area contributed by atoms with Crippen LogP contribution in [0.1, 0.15) is 20.7 Å². The number of carbonyl (C=O) groups is 2. The SMILES string of the molecule is O=C(Nc1ccc(NC(=S)NC(=O)c2cc([N+](=O)[O-])ccc2Br)cc1)c1cccc(Cl)c1. The summed E-state index contributed by atoms with van der Waals surface area (Å²) in [5.74, 6) is -0.915. The van der Waals surface area contributed by atoms with E-state index in [1.807, 2.05) is 0 Å². The zero-order chi connectivity index (χ0) is 23.3. The molecular weight excluding hydrogens is 520 g/mol. The lowest BCUT2D eigenvalue weighted by molar-refractivity contribution is -0.384. The Hall–Kier alpha value is -3.34. The van der Waals surface area contributed by atoms with Crippen molar-refractivity contribution in [1.29, 1.82) is 0 Å². The first kappa shape index (κ1) is 23.3. The molecule has 0 saturated heterocycles. The molecule has 0 heterocycles. The fourth-order valence-corrected chi connectivity index (χ4v) is 3.43. The molecule has 0 aliphatic rings. The lowest BCUT2D eigenvalue weighted by Gasteiger charge is -2.11. The number of nitrogens with zero attached hydrogens (tertiary/aromatic N) is 1. The van der Waals surface area contributed by atoms with Gasteiger partial charge in [0.15, 0.2) is 5.11 Å². The molecule has 3 aromatic rings. The molecule has 2 amide bonds. The molecule has 8 nitrogen and oxygen atoms in total. The first-order valence-corrected chi connectivity index (χ1v) is 10.5. The van der Waals surface area contributed by atoms with Crippen LogP contribution in [0.2, 0.25) is 5.02 Å². The van der Waals surface area contributed by atoms with E-state index in [9.17, 15) is 19.7 Å². The van der Waals surface area contributed by atoms with Gasteiger partial charge >= 0.3 is 0 Å². The zero-order valence-electron chi connectivity index (χ0n) is 16.1. The molecule has 11 heteroatoms. The Labute approximate surface area is 201 Å². The molecule has 0 aromatic heterocycles. The van der Waals surface area contributed by atoms with Gasteiger partial charge in [0, 0.05) is 38.6 Å². The van der Waals surface area contributed by atoms with Crippen molar-refractivity contribution in [3.8, 4) is 0 Å². The van der Waals surface area contributed by atoms with Crippen LogP contribution in [0.5, 0.6) is 0 Å². The van der Waals surface area contributed by atoms with E-state index in [4.69, 9.17) is 23.8 Å². The van der Waals surface area contributed by atoms with Gasteiger partial charge in [-0.05, 0) is 76.7 Å². The molecule has 0 radical (unpaired) electrons. The summed E-state index contributed by atoms with van der Waals surface area (Å²) in [6, 6.07) is 17.1. The Bertz CT molecular complexity index is 1220. The lowest BCUT2D eigenvalue weighted by Crippen LogP contribution is -2.34. The molecule has 0 spiro atoms. The van der Waals surface area contributed by atoms with Gasteiger partial charge in [-0.25, -0.2) is 0 Å². The third kappa shape index (κ3) is 6.10. The van der Waals surface area contributed by atoms with E-state index in [-0.39, 0.29) is 22.3 Å². The van der Waals surface area contributed by atoms with Crippen LogP contribution >= 0.6 is 39.7 Å². The zero-order valence-corrected chi connectivity index (χ0v) is 19.3. The maximum Gasteiger partial charge on any atom is 0.270 e. The number of hydrogen-bond acceptors (Lipinski definition) is 5. The highest BCUT2D eigenvalue weighted by Crippen LogP contribution is 2.22. The van der Waals surface area contributed by atoms with Crippen LogP contribution in [0.4, 0.5) is 17.1 Å². The lowest BCUT2D eigenvalue weighted by atomic mass is 10.2. The second-order valence-corrected chi connectivity index (χ2v) is 8.07. The molecule has 0 unspecified atom stereocenters. The third-order valence-corrected chi connectivity index (χ3v) is 5.25. The van der Waals surface area contributed by atoms with Gasteiger partial charge in [0.1, 0.15) is 0 Å². The molecule has 0 bridgehead atoms. The summed E-state index contributed by atoms with van der Waals surface area (Å²) in [6.45, 7) is 0. The van der Waals surface area contributed by atoms with Crippen molar-refractivity contribution in [3.05, 3.63) is 97.5 Å². The maximum absolute atomic E-state index is 12.4. The van der Waals surface area contributed by atoms with Crippen LogP contribution in [0, 0.1) is 10.1 Å². The molecule has 3 rings (SSSR count). The van der Waals surface area contributed by atoms with Crippen molar-refractivity contribution in [2.75, 3.05) is 10.6 Å². The van der Waals surface area contributed by atoms with Gasteiger partial charge < -0.3 is 10.6 Å². The van der Waals surface area contributed by atoms with Gasteiger partial charge in [-0.3, -0.25) is 25.0 Å². The van der Waals surface area contributed by atoms with Crippen LogP contribution in [-0.2, 0) is 0 Å². The van der Waals surface area contributed by atoms with Crippen LogP contribution < -0.4 is 16.0 Å². The predicted molar refractivity (Wildman–Crippen MR) is 130 cm³/mol. The number of anilines is 2. The standard InChI is InChI=1S/C21H14BrClN4O4S/c22-18-9-8-16(27(30)31)11-17(18)20(29)26-21(32)25-15-6-4-14(5-7-15)24-19(28)12-2-1-3-13(23)10-12/h1-11H,(H,24,28)(H2,25,26,29,32). The Morgan fingerprint density at radius 1 is 0.938 bits per heavy atom. The summed E-state index contributed by atoms with van der Waals surface area (Å²) in [4.78, 5) is 35.0. The topological polar surface area (TPSA) is 113 Å². The van der Waals surface area contributed by atoms with Gasteiger partial charge in [-0.1, -0.05) is 17.7 Å². The van der Waals surface area contributed by atoms with Crippen LogP contribution in [0.25, 0.3) is 0 Å². The van der Waals surface area contributed by atoms with E-state index < -0.39 is 10.8 Å². The average Bonchev–Trinajstić information content (AvgIpc) is 2.75. The Balaban J connectivity index is 1.60. The van der Waals surface area contributed by atoms with Crippen molar-refractivity contribution in [1.82, 2.24) is 5.32 Å². The average molecular weight is 534 g/mol. The number of nitro groups is 1. The van der Waals surface area contributed by atoms with Gasteiger partial charge in [-0.15, -0.1) is 0 Å². The number of amides is 2. The van der Waals surface area contributed by atoms with Crippen molar-refractivity contribution in [2.24, 2.45) is 0 Å². The largest absolute Gasteiger partial charge is 0.332 e. The minimum absolute atomic E-state index is 0.00381. The number of hydrogen-bond donors (Lipinski definition) is 3. The van der Waals surface area contributed by atoms with E-state index >= 15 is 0 Å². The second-order valence-electron chi connectivity index (χ2n) is 6.37. The molecule has 0 aliphatic carbocycles. The molecule has 0 aliphatic heterocycles. The van der Waals surface area contributed by atoms with Gasteiger partial charge in [0.05, 0.1) is 10.5 Å². The first-order chi connectivity index (χ1) is 15.2. The number of nitrogens with one attached hydrogen (secondary N) is 3. The number of thiocarbonyl (C=S) groups is 1. The van der Waals surface area contributed by atoms with Crippen LogP contribution in [0.3, 0.4) is 0 Å². The van der Waals surface area contributed by atoms with Crippen molar-refractivity contribution >= 4 is 73.7 Å². The summed E-state index contributed by atoms with van der Waals surface area (Å²) in [5.41, 5.74) is 1.40. The quantitative estimate of drug-likeness (QED) is 0.230. The summed E-state index contributed by atoms with van der Waals surface area (Å²) in [7, 11) is 0. The molecule has 0 saturated carbocycles. The summed E-state index contributed by atoms with van der Waals surface area (Å²) >= 11 is 14.2. The van der Waals surface area contributed by atoms with E-state index in [1.165, 1.54) is 12.1 Å². The number of nitro benzene ring substituents is 1. The molecule has 0 fully saturated rings. The summed E-state index contributed by atoms with van der Waals surface area (Å²) in [6.07, 6.45) is 0. The molecule has 32 heavy (non-hydrogen) atoms. The number of halogens is 2. The highest BCUT2D eigenvalue weighted by molar-refractivity contribution is 9.10. The monoisotopic (exact) mass is 532 g/mol. The number of non-ortho nitro benzene ring substituents is 1. The van der Waals surface area contributed by atoms with E-state index in [0.29, 0.717) is 26.4 Å². The maximum atomic E-state index is 12.4. The third-order valence-electron chi connectivity index (χ3n) is 4.12. The van der Waals surface area contributed by atoms with Gasteiger partial charge in [0.2, 0.25) is 0 Å². The number of benzene rings is 3. The molecule has 3 aromatic carbocycles. The minimum Gasteiger partial charge on any atom is -0.332 e. The Morgan fingerprint density at radius 2 is 1.59 bits per heavy atom. The van der Waals surface area contributed by atoms with Gasteiger partial charge in [0.25, 0.3) is 17.5 Å².